The minimum absolute atomic E-state index is 0.692. The van der Waals surface area contributed by atoms with Crippen LogP contribution in [-0.4, -0.2) is 11.5 Å². The van der Waals surface area contributed by atoms with Crippen LogP contribution in [0.25, 0.3) is 10.9 Å². The Hall–Kier alpha value is -1.41. The van der Waals surface area contributed by atoms with E-state index in [9.17, 15) is 0 Å². The Kier molecular flexibility index (Phi) is 3.75. The lowest BCUT2D eigenvalue weighted by Gasteiger charge is -2.15. The molecule has 20 heavy (non-hydrogen) atoms. The fourth-order valence-corrected chi connectivity index (χ4v) is 3.16. The number of aromatic nitrogens is 1. The molecule has 0 amide bonds. The van der Waals surface area contributed by atoms with E-state index in [1.54, 1.807) is 0 Å². The SMILES string of the molecule is Cc1ccc2nc3c(c(CNCC(C)C)c2c1)CCC3. The van der Waals surface area contributed by atoms with Gasteiger partial charge in [-0.25, -0.2) is 0 Å². The summed E-state index contributed by atoms with van der Waals surface area (Å²) in [6.07, 6.45) is 3.61. The van der Waals surface area contributed by atoms with Crippen LogP contribution in [0.5, 0.6) is 0 Å². The van der Waals surface area contributed by atoms with Crippen LogP contribution in [0.1, 0.15) is 42.7 Å². The highest BCUT2D eigenvalue weighted by Crippen LogP contribution is 2.30. The lowest BCUT2D eigenvalue weighted by molar-refractivity contribution is 0.552. The molecule has 1 aromatic heterocycles. The van der Waals surface area contributed by atoms with Gasteiger partial charge in [-0.1, -0.05) is 25.5 Å². The van der Waals surface area contributed by atoms with E-state index in [1.807, 2.05) is 0 Å². The highest BCUT2D eigenvalue weighted by Gasteiger charge is 2.19. The highest BCUT2D eigenvalue weighted by atomic mass is 14.9. The first-order valence-electron chi connectivity index (χ1n) is 7.77. The van der Waals surface area contributed by atoms with Gasteiger partial charge in [-0.3, -0.25) is 4.98 Å². The van der Waals surface area contributed by atoms with Crippen LogP contribution in [0.4, 0.5) is 0 Å². The molecule has 106 valence electrons. The van der Waals surface area contributed by atoms with E-state index in [4.69, 9.17) is 4.98 Å². The molecule has 1 N–H and O–H groups in total. The molecular weight excluding hydrogens is 244 g/mol. The molecule has 1 aliphatic rings. The van der Waals surface area contributed by atoms with Crippen LogP contribution < -0.4 is 5.32 Å². The standard InChI is InChI=1S/C18H24N2/c1-12(2)10-19-11-16-14-5-4-6-17(14)20-18-8-7-13(3)9-15(16)18/h7-9,12,19H,4-6,10-11H2,1-3H3. The van der Waals surface area contributed by atoms with Crippen molar-refractivity contribution in [1.29, 1.82) is 0 Å². The van der Waals surface area contributed by atoms with Gasteiger partial charge in [0, 0.05) is 17.6 Å². The van der Waals surface area contributed by atoms with Crippen molar-refractivity contribution < 1.29 is 0 Å². The van der Waals surface area contributed by atoms with Gasteiger partial charge in [0.1, 0.15) is 0 Å². The lowest BCUT2D eigenvalue weighted by atomic mass is 9.99. The van der Waals surface area contributed by atoms with Crippen molar-refractivity contribution in [1.82, 2.24) is 10.3 Å². The third kappa shape index (κ3) is 2.57. The van der Waals surface area contributed by atoms with Crippen LogP contribution in [-0.2, 0) is 19.4 Å². The van der Waals surface area contributed by atoms with Gasteiger partial charge < -0.3 is 5.32 Å². The molecule has 0 spiro atoms. The molecule has 0 saturated heterocycles. The Morgan fingerprint density at radius 3 is 2.90 bits per heavy atom. The maximum Gasteiger partial charge on any atom is 0.0708 e. The fraction of sp³-hybridized carbons (Fsp3) is 0.500. The molecule has 2 nitrogen and oxygen atoms in total. The van der Waals surface area contributed by atoms with Crippen LogP contribution in [0.3, 0.4) is 0 Å². The number of hydrogen-bond donors (Lipinski definition) is 1. The first-order valence-corrected chi connectivity index (χ1v) is 7.77. The average Bonchev–Trinajstić information content (AvgIpc) is 2.86. The Morgan fingerprint density at radius 1 is 1.25 bits per heavy atom. The van der Waals surface area contributed by atoms with E-state index >= 15 is 0 Å². The quantitative estimate of drug-likeness (QED) is 0.913. The van der Waals surface area contributed by atoms with Crippen molar-refractivity contribution in [3.63, 3.8) is 0 Å². The molecule has 0 radical (unpaired) electrons. The second-order valence-corrected chi connectivity index (χ2v) is 6.41. The molecule has 3 rings (SSSR count). The molecule has 1 heterocycles. The Balaban J connectivity index is 2.04. The summed E-state index contributed by atoms with van der Waals surface area (Å²) in [7, 11) is 0. The number of rotatable bonds is 4. The molecule has 2 aromatic rings. The monoisotopic (exact) mass is 268 g/mol. The number of aryl methyl sites for hydroxylation is 2. The van der Waals surface area contributed by atoms with E-state index in [0.717, 1.165) is 25.0 Å². The molecule has 0 unspecified atom stereocenters. The van der Waals surface area contributed by atoms with Crippen molar-refractivity contribution >= 4 is 10.9 Å². The molecule has 0 fully saturated rings. The summed E-state index contributed by atoms with van der Waals surface area (Å²) in [5.41, 5.74) is 6.83. The zero-order chi connectivity index (χ0) is 14.1. The normalized spacial score (nSPS) is 14.2. The molecule has 0 aliphatic heterocycles. The third-order valence-electron chi connectivity index (χ3n) is 4.14. The summed E-state index contributed by atoms with van der Waals surface area (Å²) in [5, 5.41) is 4.96. The van der Waals surface area contributed by atoms with E-state index in [1.165, 1.54) is 40.6 Å². The maximum absolute atomic E-state index is 4.87. The zero-order valence-electron chi connectivity index (χ0n) is 12.8. The maximum atomic E-state index is 4.87. The summed E-state index contributed by atoms with van der Waals surface area (Å²) in [6, 6.07) is 6.64. The highest BCUT2D eigenvalue weighted by molar-refractivity contribution is 5.84. The minimum atomic E-state index is 0.692. The van der Waals surface area contributed by atoms with E-state index in [0.29, 0.717) is 5.92 Å². The van der Waals surface area contributed by atoms with Crippen molar-refractivity contribution in [3.05, 3.63) is 40.6 Å². The predicted octanol–water partition coefficient (Wildman–Crippen LogP) is 3.78. The Labute approximate surface area is 121 Å². The largest absolute Gasteiger partial charge is 0.312 e. The number of nitrogens with one attached hydrogen (secondary N) is 1. The van der Waals surface area contributed by atoms with Crippen molar-refractivity contribution in [2.75, 3.05) is 6.54 Å². The minimum Gasteiger partial charge on any atom is -0.312 e. The van der Waals surface area contributed by atoms with Gasteiger partial charge in [0.15, 0.2) is 0 Å². The second-order valence-electron chi connectivity index (χ2n) is 6.41. The number of nitrogens with zero attached hydrogens (tertiary/aromatic N) is 1. The molecule has 1 aromatic carbocycles. The van der Waals surface area contributed by atoms with Gasteiger partial charge in [0.25, 0.3) is 0 Å². The number of pyridine rings is 1. The summed E-state index contributed by atoms with van der Waals surface area (Å²) in [6.45, 7) is 8.73. The first-order chi connectivity index (χ1) is 9.65. The first kappa shape index (κ1) is 13.6. The molecule has 0 atom stereocenters. The van der Waals surface area contributed by atoms with Crippen LogP contribution >= 0.6 is 0 Å². The third-order valence-corrected chi connectivity index (χ3v) is 4.14. The summed E-state index contributed by atoms with van der Waals surface area (Å²) in [5.74, 6) is 0.692. The van der Waals surface area contributed by atoms with Gasteiger partial charge >= 0.3 is 0 Å². The van der Waals surface area contributed by atoms with Crippen molar-refractivity contribution in [2.45, 2.75) is 46.6 Å². The van der Waals surface area contributed by atoms with Gasteiger partial charge in [-0.2, -0.15) is 0 Å². The van der Waals surface area contributed by atoms with Crippen LogP contribution in [0, 0.1) is 12.8 Å². The van der Waals surface area contributed by atoms with Crippen LogP contribution in [0.15, 0.2) is 18.2 Å². The summed E-state index contributed by atoms with van der Waals surface area (Å²) >= 11 is 0. The fourth-order valence-electron chi connectivity index (χ4n) is 3.16. The predicted molar refractivity (Wildman–Crippen MR) is 85.0 cm³/mol. The summed E-state index contributed by atoms with van der Waals surface area (Å²) in [4.78, 5) is 4.87. The second kappa shape index (κ2) is 5.53. The van der Waals surface area contributed by atoms with Gasteiger partial charge in [-0.15, -0.1) is 0 Å². The van der Waals surface area contributed by atoms with Crippen LogP contribution in [0.2, 0.25) is 0 Å². The molecular formula is C18H24N2. The van der Waals surface area contributed by atoms with Gasteiger partial charge in [-0.05, 0) is 61.9 Å². The number of benzene rings is 1. The van der Waals surface area contributed by atoms with Gasteiger partial charge in [0.05, 0.1) is 5.52 Å². The Bertz CT molecular complexity index is 629. The van der Waals surface area contributed by atoms with Crippen molar-refractivity contribution in [2.24, 2.45) is 5.92 Å². The van der Waals surface area contributed by atoms with E-state index in [2.05, 4.69) is 44.3 Å². The van der Waals surface area contributed by atoms with E-state index in [-0.39, 0.29) is 0 Å². The molecule has 0 saturated carbocycles. The van der Waals surface area contributed by atoms with E-state index < -0.39 is 0 Å². The smallest absolute Gasteiger partial charge is 0.0708 e. The molecule has 2 heteroatoms. The average molecular weight is 268 g/mol. The van der Waals surface area contributed by atoms with Crippen molar-refractivity contribution in [3.8, 4) is 0 Å². The van der Waals surface area contributed by atoms with Gasteiger partial charge in [0.2, 0.25) is 0 Å². The topological polar surface area (TPSA) is 24.9 Å². The number of hydrogen-bond acceptors (Lipinski definition) is 2. The molecule has 1 aliphatic carbocycles. The Morgan fingerprint density at radius 2 is 2.10 bits per heavy atom. The zero-order valence-corrected chi connectivity index (χ0v) is 12.8. The lowest BCUT2D eigenvalue weighted by Crippen LogP contribution is -2.20. The summed E-state index contributed by atoms with van der Waals surface area (Å²) < 4.78 is 0. The molecule has 0 bridgehead atoms. The number of fused-ring (bicyclic) bond motifs is 2.